The molecule has 1 atom stereocenters. The Labute approximate surface area is 55.4 Å². The molecular formula is C6H13NO2. The number of aliphatic hydroxyl groups is 1. The van der Waals surface area contributed by atoms with Crippen molar-refractivity contribution in [2.45, 2.75) is 20.1 Å². The van der Waals surface area contributed by atoms with Gasteiger partial charge in [-0.3, -0.25) is 4.99 Å². The Hall–Kier alpha value is -0.410. The van der Waals surface area contributed by atoms with Crippen LogP contribution in [0.3, 0.4) is 0 Å². The number of aliphatic hydroxyl groups excluding tert-OH is 1. The third-order valence-electron chi connectivity index (χ3n) is 0.803. The highest BCUT2D eigenvalue weighted by Gasteiger charge is 1.97. The summed E-state index contributed by atoms with van der Waals surface area (Å²) >= 11 is 0. The topological polar surface area (TPSA) is 41.8 Å². The van der Waals surface area contributed by atoms with Gasteiger partial charge in [0.25, 0.3) is 0 Å². The molecule has 0 aromatic heterocycles. The summed E-state index contributed by atoms with van der Waals surface area (Å²) in [5, 5.41) is 8.84. The van der Waals surface area contributed by atoms with Crippen LogP contribution in [0.1, 0.15) is 13.8 Å². The van der Waals surface area contributed by atoms with Crippen LogP contribution in [-0.2, 0) is 4.74 Å². The van der Waals surface area contributed by atoms with Crippen LogP contribution in [0.2, 0.25) is 0 Å². The lowest BCUT2D eigenvalue weighted by Crippen LogP contribution is -2.15. The Balaban J connectivity index is 3.15. The Bertz CT molecular complexity index is 83.1. The molecule has 0 radical (unpaired) electrons. The van der Waals surface area contributed by atoms with Crippen LogP contribution in [0.5, 0.6) is 0 Å². The molecule has 9 heavy (non-hydrogen) atoms. The van der Waals surface area contributed by atoms with Gasteiger partial charge in [0.05, 0.1) is 6.54 Å². The van der Waals surface area contributed by atoms with Crippen LogP contribution in [-0.4, -0.2) is 30.8 Å². The molecule has 0 rings (SSSR count). The van der Waals surface area contributed by atoms with Crippen molar-refractivity contribution in [3.8, 4) is 0 Å². The molecule has 0 saturated heterocycles. The quantitative estimate of drug-likeness (QED) is 0.444. The first kappa shape index (κ1) is 8.59. The molecule has 0 amide bonds. The molecule has 1 N–H and O–H groups in total. The molecular weight excluding hydrogens is 118 g/mol. The first-order chi connectivity index (χ1) is 4.31. The van der Waals surface area contributed by atoms with Gasteiger partial charge < -0.3 is 9.84 Å². The van der Waals surface area contributed by atoms with Crippen molar-refractivity contribution in [1.82, 2.24) is 0 Å². The molecule has 0 fully saturated rings. The fourth-order valence-electron chi connectivity index (χ4n) is 0.441. The summed E-state index contributed by atoms with van der Waals surface area (Å²) in [6, 6.07) is 0. The number of ether oxygens (including phenoxy) is 1. The van der Waals surface area contributed by atoms with Crippen LogP contribution < -0.4 is 0 Å². The lowest BCUT2D eigenvalue weighted by molar-refractivity contribution is -0.0860. The monoisotopic (exact) mass is 131 g/mol. The standard InChI is InChI=1S/C6H13NO2/c1-3-7-5-6(8)9-4-2/h3,6,8H,4-5H2,1-2H3. The summed E-state index contributed by atoms with van der Waals surface area (Å²) in [4.78, 5) is 3.79. The molecule has 0 spiro atoms. The van der Waals surface area contributed by atoms with Gasteiger partial charge in [0.1, 0.15) is 0 Å². The van der Waals surface area contributed by atoms with Gasteiger partial charge in [-0.05, 0) is 20.1 Å². The van der Waals surface area contributed by atoms with E-state index in [4.69, 9.17) is 9.84 Å². The molecule has 0 saturated carbocycles. The average molecular weight is 131 g/mol. The number of rotatable bonds is 4. The maximum Gasteiger partial charge on any atom is 0.174 e. The molecule has 3 nitrogen and oxygen atoms in total. The van der Waals surface area contributed by atoms with Crippen molar-refractivity contribution < 1.29 is 9.84 Å². The van der Waals surface area contributed by atoms with Crippen molar-refractivity contribution in [3.05, 3.63) is 0 Å². The Kier molecular flexibility index (Phi) is 5.46. The molecule has 0 bridgehead atoms. The van der Waals surface area contributed by atoms with Crippen LogP contribution in [0.15, 0.2) is 4.99 Å². The van der Waals surface area contributed by atoms with Crippen molar-refractivity contribution in [2.75, 3.05) is 13.2 Å². The van der Waals surface area contributed by atoms with Crippen molar-refractivity contribution in [2.24, 2.45) is 4.99 Å². The SMILES string of the molecule is CC=NCC(O)OCC. The van der Waals surface area contributed by atoms with Crippen LogP contribution in [0.25, 0.3) is 0 Å². The van der Waals surface area contributed by atoms with E-state index in [1.165, 1.54) is 0 Å². The average Bonchev–Trinajstić information content (AvgIpc) is 1.85. The molecule has 0 aromatic carbocycles. The summed E-state index contributed by atoms with van der Waals surface area (Å²) in [7, 11) is 0. The van der Waals surface area contributed by atoms with E-state index in [9.17, 15) is 0 Å². The van der Waals surface area contributed by atoms with E-state index >= 15 is 0 Å². The zero-order valence-corrected chi connectivity index (χ0v) is 5.87. The van der Waals surface area contributed by atoms with Gasteiger partial charge in [-0.2, -0.15) is 0 Å². The molecule has 0 aliphatic carbocycles. The lowest BCUT2D eigenvalue weighted by Gasteiger charge is -2.05. The molecule has 54 valence electrons. The van der Waals surface area contributed by atoms with E-state index in [0.717, 1.165) is 0 Å². The number of hydrogen-bond donors (Lipinski definition) is 1. The van der Waals surface area contributed by atoms with E-state index < -0.39 is 6.29 Å². The van der Waals surface area contributed by atoms with Gasteiger partial charge in [0.15, 0.2) is 6.29 Å². The smallest absolute Gasteiger partial charge is 0.174 e. The maximum absolute atomic E-state index is 8.84. The fraction of sp³-hybridized carbons (Fsp3) is 0.833. The minimum atomic E-state index is -0.730. The van der Waals surface area contributed by atoms with Gasteiger partial charge >= 0.3 is 0 Å². The minimum absolute atomic E-state index is 0.338. The highest BCUT2D eigenvalue weighted by atomic mass is 16.6. The predicted molar refractivity (Wildman–Crippen MR) is 36.7 cm³/mol. The summed E-state index contributed by atoms with van der Waals surface area (Å²) in [6.45, 7) is 4.50. The number of aliphatic imine (C=N–C) groups is 1. The van der Waals surface area contributed by atoms with E-state index in [0.29, 0.717) is 13.2 Å². The van der Waals surface area contributed by atoms with Crippen molar-refractivity contribution in [3.63, 3.8) is 0 Å². The van der Waals surface area contributed by atoms with Gasteiger partial charge in [-0.15, -0.1) is 0 Å². The third-order valence-corrected chi connectivity index (χ3v) is 0.803. The van der Waals surface area contributed by atoms with Crippen LogP contribution >= 0.6 is 0 Å². The van der Waals surface area contributed by atoms with Crippen molar-refractivity contribution >= 4 is 6.21 Å². The van der Waals surface area contributed by atoms with E-state index in [-0.39, 0.29) is 0 Å². The lowest BCUT2D eigenvalue weighted by atomic mass is 10.6. The molecule has 3 heteroatoms. The van der Waals surface area contributed by atoms with E-state index in [2.05, 4.69) is 4.99 Å². The largest absolute Gasteiger partial charge is 0.366 e. The molecule has 0 aliphatic heterocycles. The zero-order chi connectivity index (χ0) is 7.11. The second-order valence-corrected chi connectivity index (χ2v) is 1.53. The Morgan fingerprint density at radius 3 is 2.89 bits per heavy atom. The van der Waals surface area contributed by atoms with Gasteiger partial charge in [-0.25, -0.2) is 0 Å². The summed E-state index contributed by atoms with van der Waals surface area (Å²) < 4.78 is 4.79. The summed E-state index contributed by atoms with van der Waals surface area (Å²) in [5.41, 5.74) is 0. The Morgan fingerprint density at radius 1 is 1.78 bits per heavy atom. The van der Waals surface area contributed by atoms with Crippen LogP contribution in [0.4, 0.5) is 0 Å². The van der Waals surface area contributed by atoms with Crippen molar-refractivity contribution in [1.29, 1.82) is 0 Å². The predicted octanol–water partition coefficient (Wildman–Crippen LogP) is 0.432. The van der Waals surface area contributed by atoms with Gasteiger partial charge in [0, 0.05) is 6.61 Å². The number of hydrogen-bond acceptors (Lipinski definition) is 3. The summed E-state index contributed by atoms with van der Waals surface area (Å²) in [5.74, 6) is 0. The molecule has 1 unspecified atom stereocenters. The molecule has 0 aromatic rings. The molecule has 0 aliphatic rings. The second kappa shape index (κ2) is 5.72. The highest BCUT2D eigenvalue weighted by molar-refractivity contribution is 5.53. The minimum Gasteiger partial charge on any atom is -0.366 e. The van der Waals surface area contributed by atoms with E-state index in [1.54, 1.807) is 13.1 Å². The van der Waals surface area contributed by atoms with E-state index in [1.807, 2.05) is 6.92 Å². The number of nitrogens with zero attached hydrogens (tertiary/aromatic N) is 1. The highest BCUT2D eigenvalue weighted by Crippen LogP contribution is 1.85. The first-order valence-corrected chi connectivity index (χ1v) is 3.05. The zero-order valence-electron chi connectivity index (χ0n) is 5.87. The fourth-order valence-corrected chi connectivity index (χ4v) is 0.441. The summed E-state index contributed by atoms with van der Waals surface area (Å²) in [6.07, 6.45) is 0.911. The van der Waals surface area contributed by atoms with Crippen LogP contribution in [0, 0.1) is 0 Å². The maximum atomic E-state index is 8.84. The second-order valence-electron chi connectivity index (χ2n) is 1.53. The first-order valence-electron chi connectivity index (χ1n) is 3.05. The normalized spacial score (nSPS) is 14.6. The van der Waals surface area contributed by atoms with Gasteiger partial charge in [-0.1, -0.05) is 0 Å². The van der Waals surface area contributed by atoms with Gasteiger partial charge in [0.2, 0.25) is 0 Å². The molecule has 0 heterocycles. The Morgan fingerprint density at radius 2 is 2.44 bits per heavy atom. The third kappa shape index (κ3) is 5.46.